The first-order valence-electron chi connectivity index (χ1n) is 2.61. The summed E-state index contributed by atoms with van der Waals surface area (Å²) < 4.78 is 0. The van der Waals surface area contributed by atoms with Gasteiger partial charge in [-0.15, -0.1) is 11.3 Å². The zero-order valence-electron chi connectivity index (χ0n) is 5.31. The van der Waals surface area contributed by atoms with Crippen molar-refractivity contribution in [2.75, 3.05) is 5.73 Å². The fourth-order valence-electron chi connectivity index (χ4n) is 0.649. The fourth-order valence-corrected chi connectivity index (χ4v) is 1.74. The van der Waals surface area contributed by atoms with Crippen LogP contribution in [-0.4, -0.2) is 0 Å². The van der Waals surface area contributed by atoms with Crippen molar-refractivity contribution < 1.29 is 0 Å². The third-order valence-corrected chi connectivity index (χ3v) is 2.67. The molecule has 0 aliphatic carbocycles. The molecule has 0 atom stereocenters. The number of nitrogen functional groups attached to an aromatic ring is 1. The number of anilines is 1. The molecule has 0 radical (unpaired) electrons. The maximum Gasteiger partial charge on any atom is 0.106 e. The summed E-state index contributed by atoms with van der Waals surface area (Å²) in [6.45, 7) is 1.84. The normalized spacial score (nSPS) is 9.30. The third kappa shape index (κ3) is 0.962. The van der Waals surface area contributed by atoms with Crippen LogP contribution in [0.2, 0.25) is 5.02 Å². The molecule has 0 aromatic carbocycles. The van der Waals surface area contributed by atoms with Crippen molar-refractivity contribution in [3.05, 3.63) is 15.5 Å². The molecule has 4 heteroatoms. The molecule has 2 nitrogen and oxygen atoms in total. The quantitative estimate of drug-likeness (QED) is 0.652. The molecule has 0 amide bonds. The van der Waals surface area contributed by atoms with Crippen molar-refractivity contribution in [1.82, 2.24) is 0 Å². The molecule has 0 saturated heterocycles. The highest BCUT2D eigenvalue weighted by atomic mass is 35.5. The highest BCUT2D eigenvalue weighted by molar-refractivity contribution is 7.16. The molecule has 10 heavy (non-hydrogen) atoms. The molecule has 1 aromatic heterocycles. The van der Waals surface area contributed by atoms with Crippen LogP contribution in [0.3, 0.4) is 0 Å². The topological polar surface area (TPSA) is 49.8 Å². The Balaban J connectivity index is 3.37. The number of aryl methyl sites for hydroxylation is 1. The van der Waals surface area contributed by atoms with Gasteiger partial charge in [0.1, 0.15) is 16.6 Å². The van der Waals surface area contributed by atoms with E-state index in [2.05, 4.69) is 0 Å². The van der Waals surface area contributed by atoms with Crippen molar-refractivity contribution in [1.29, 1.82) is 5.26 Å². The van der Waals surface area contributed by atoms with Gasteiger partial charge in [-0.3, -0.25) is 0 Å². The molecule has 1 rings (SSSR count). The van der Waals surface area contributed by atoms with E-state index in [-0.39, 0.29) is 0 Å². The fraction of sp³-hybridized carbons (Fsp3) is 0.167. The molecular weight excluding hydrogens is 168 g/mol. The monoisotopic (exact) mass is 172 g/mol. The summed E-state index contributed by atoms with van der Waals surface area (Å²) in [5.41, 5.74) is 5.87. The zero-order valence-corrected chi connectivity index (χ0v) is 6.88. The van der Waals surface area contributed by atoms with Crippen LogP contribution >= 0.6 is 22.9 Å². The Morgan fingerprint density at radius 2 is 2.30 bits per heavy atom. The van der Waals surface area contributed by atoms with Crippen LogP contribution in [0.5, 0.6) is 0 Å². The zero-order chi connectivity index (χ0) is 7.72. The predicted octanol–water partition coefficient (Wildman–Crippen LogP) is 2.16. The van der Waals surface area contributed by atoms with E-state index in [1.807, 2.05) is 13.0 Å². The average Bonchev–Trinajstić information content (AvgIpc) is 2.09. The minimum Gasteiger partial charge on any atom is -0.389 e. The Hall–Kier alpha value is -0.720. The lowest BCUT2D eigenvalue weighted by atomic mass is 10.3. The van der Waals surface area contributed by atoms with E-state index in [0.717, 1.165) is 4.88 Å². The van der Waals surface area contributed by atoms with E-state index < -0.39 is 0 Å². The number of nitrogens with two attached hydrogens (primary N) is 1. The number of hydrogen-bond donors (Lipinski definition) is 1. The minimum absolute atomic E-state index is 0.407. The molecule has 0 bridgehead atoms. The molecule has 0 spiro atoms. The Kier molecular flexibility index (Phi) is 1.84. The lowest BCUT2D eigenvalue weighted by molar-refractivity contribution is 1.50. The van der Waals surface area contributed by atoms with Gasteiger partial charge in [0.05, 0.1) is 5.02 Å². The van der Waals surface area contributed by atoms with Gasteiger partial charge in [0.15, 0.2) is 0 Å². The highest BCUT2D eigenvalue weighted by Gasteiger charge is 2.09. The number of nitrogens with zero attached hydrogens (tertiary/aromatic N) is 1. The predicted molar refractivity (Wildman–Crippen MR) is 43.2 cm³/mol. The van der Waals surface area contributed by atoms with E-state index in [1.54, 1.807) is 0 Å². The van der Waals surface area contributed by atoms with E-state index in [9.17, 15) is 0 Å². The van der Waals surface area contributed by atoms with Gasteiger partial charge >= 0.3 is 0 Å². The smallest absolute Gasteiger partial charge is 0.106 e. The highest BCUT2D eigenvalue weighted by Crippen LogP contribution is 2.33. The summed E-state index contributed by atoms with van der Waals surface area (Å²) >= 11 is 7.07. The lowest BCUT2D eigenvalue weighted by Crippen LogP contribution is -1.81. The van der Waals surface area contributed by atoms with Crippen LogP contribution < -0.4 is 5.73 Å². The van der Waals surface area contributed by atoms with Crippen LogP contribution in [0, 0.1) is 18.3 Å². The number of hydrogen-bond acceptors (Lipinski definition) is 3. The number of nitriles is 1. The second-order valence-electron chi connectivity index (χ2n) is 1.82. The molecule has 0 aliphatic heterocycles. The minimum atomic E-state index is 0.407. The first-order chi connectivity index (χ1) is 4.66. The van der Waals surface area contributed by atoms with Crippen molar-refractivity contribution in [2.24, 2.45) is 0 Å². The van der Waals surface area contributed by atoms with Crippen molar-refractivity contribution in [3.63, 3.8) is 0 Å². The van der Waals surface area contributed by atoms with Gasteiger partial charge in [-0.2, -0.15) is 5.26 Å². The van der Waals surface area contributed by atoms with Crippen molar-refractivity contribution >= 4 is 27.9 Å². The van der Waals surface area contributed by atoms with Crippen LogP contribution in [0.25, 0.3) is 0 Å². The van der Waals surface area contributed by atoms with Crippen LogP contribution in [0.15, 0.2) is 0 Å². The number of rotatable bonds is 0. The van der Waals surface area contributed by atoms with Gasteiger partial charge in [0.25, 0.3) is 0 Å². The first kappa shape index (κ1) is 7.39. The van der Waals surface area contributed by atoms with Crippen molar-refractivity contribution in [2.45, 2.75) is 6.92 Å². The Morgan fingerprint density at radius 3 is 2.50 bits per heavy atom. The summed E-state index contributed by atoms with van der Waals surface area (Å²) in [6, 6.07) is 1.94. The van der Waals surface area contributed by atoms with Crippen LogP contribution in [0.4, 0.5) is 5.00 Å². The van der Waals surface area contributed by atoms with Gasteiger partial charge < -0.3 is 5.73 Å². The molecule has 2 N–H and O–H groups in total. The van der Waals surface area contributed by atoms with E-state index in [0.29, 0.717) is 15.6 Å². The maximum atomic E-state index is 8.50. The second kappa shape index (κ2) is 2.49. The van der Waals surface area contributed by atoms with E-state index in [1.165, 1.54) is 11.3 Å². The molecule has 1 heterocycles. The second-order valence-corrected chi connectivity index (χ2v) is 3.46. The molecule has 0 fully saturated rings. The van der Waals surface area contributed by atoms with Gasteiger partial charge in [0.2, 0.25) is 0 Å². The summed E-state index contributed by atoms with van der Waals surface area (Å²) in [4.78, 5) is 0.899. The van der Waals surface area contributed by atoms with Crippen LogP contribution in [0.1, 0.15) is 10.4 Å². The summed E-state index contributed by atoms with van der Waals surface area (Å²) in [7, 11) is 0. The molecule has 0 saturated carbocycles. The molecule has 0 aliphatic rings. The van der Waals surface area contributed by atoms with Gasteiger partial charge in [-0.25, -0.2) is 0 Å². The Morgan fingerprint density at radius 1 is 1.70 bits per heavy atom. The number of halogens is 1. The first-order valence-corrected chi connectivity index (χ1v) is 3.80. The molecule has 0 unspecified atom stereocenters. The third-order valence-electron chi connectivity index (χ3n) is 1.15. The Labute approximate surface area is 67.8 Å². The average molecular weight is 173 g/mol. The molecular formula is C6H5ClN2S. The molecule has 1 aromatic rings. The van der Waals surface area contributed by atoms with Crippen LogP contribution in [-0.2, 0) is 0 Å². The SMILES string of the molecule is Cc1sc(N)c(C#N)c1Cl. The van der Waals surface area contributed by atoms with Gasteiger partial charge in [0, 0.05) is 4.88 Å². The molecule has 52 valence electrons. The van der Waals surface area contributed by atoms with E-state index >= 15 is 0 Å². The number of thiophene rings is 1. The largest absolute Gasteiger partial charge is 0.389 e. The maximum absolute atomic E-state index is 8.50. The standard InChI is InChI=1S/C6H5ClN2S/c1-3-5(7)4(2-8)6(9)10-3/h9H2,1H3. The van der Waals surface area contributed by atoms with E-state index in [4.69, 9.17) is 22.6 Å². The van der Waals surface area contributed by atoms with Gasteiger partial charge in [-0.1, -0.05) is 11.6 Å². The van der Waals surface area contributed by atoms with Gasteiger partial charge in [-0.05, 0) is 6.92 Å². The van der Waals surface area contributed by atoms with Crippen molar-refractivity contribution in [3.8, 4) is 6.07 Å². The summed E-state index contributed by atoms with van der Waals surface area (Å²) in [5, 5.41) is 9.50. The summed E-state index contributed by atoms with van der Waals surface area (Å²) in [6.07, 6.45) is 0. The lowest BCUT2D eigenvalue weighted by Gasteiger charge is -1.83. The Bertz CT molecular complexity index is 297. The summed E-state index contributed by atoms with van der Waals surface area (Å²) in [5.74, 6) is 0.